The van der Waals surface area contributed by atoms with E-state index in [1.807, 2.05) is 15.8 Å². The van der Waals surface area contributed by atoms with Crippen LogP contribution in [-0.4, -0.2) is 39.4 Å². The highest BCUT2D eigenvalue weighted by atomic mass is 32.1. The van der Waals surface area contributed by atoms with E-state index in [1.54, 1.807) is 11.7 Å². The molecule has 0 saturated carbocycles. The molecule has 0 atom stereocenters. The first kappa shape index (κ1) is 14.0. The Kier molecular flexibility index (Phi) is 3.18. The van der Waals surface area contributed by atoms with Gasteiger partial charge in [-0.3, -0.25) is 13.8 Å². The van der Waals surface area contributed by atoms with Gasteiger partial charge in [-0.1, -0.05) is 6.92 Å². The molecule has 0 spiro atoms. The molecule has 4 aromatic heterocycles. The molecule has 0 fully saturated rings. The first-order chi connectivity index (χ1) is 11.2. The third-order valence-corrected chi connectivity index (χ3v) is 4.66. The van der Waals surface area contributed by atoms with Crippen molar-refractivity contribution < 1.29 is 0 Å². The minimum absolute atomic E-state index is 0.0597. The Balaban J connectivity index is 1.91. The molecule has 0 aliphatic rings. The van der Waals surface area contributed by atoms with Gasteiger partial charge in [0.25, 0.3) is 5.56 Å². The second kappa shape index (κ2) is 5.23. The Bertz CT molecular complexity index is 1060. The van der Waals surface area contributed by atoms with Gasteiger partial charge in [-0.25, -0.2) is 4.68 Å². The van der Waals surface area contributed by atoms with Gasteiger partial charge in [-0.05, 0) is 28.3 Å². The van der Waals surface area contributed by atoms with Crippen LogP contribution in [0.1, 0.15) is 25.0 Å². The van der Waals surface area contributed by atoms with Gasteiger partial charge in [0.1, 0.15) is 11.2 Å². The summed E-state index contributed by atoms with van der Waals surface area (Å²) >= 11 is 1.42. The number of thiophene rings is 1. The zero-order valence-electron chi connectivity index (χ0n) is 12.7. The molecule has 4 rings (SSSR count). The molecule has 0 N–H and O–H groups in total. The van der Waals surface area contributed by atoms with Crippen LogP contribution >= 0.6 is 11.3 Å². The summed E-state index contributed by atoms with van der Waals surface area (Å²) < 4.78 is 5.82. The predicted molar refractivity (Wildman–Crippen MR) is 84.5 cm³/mol. The van der Waals surface area contributed by atoms with E-state index in [-0.39, 0.29) is 5.56 Å². The molecule has 0 aromatic carbocycles. The van der Waals surface area contributed by atoms with E-state index in [0.717, 1.165) is 24.2 Å². The predicted octanol–water partition coefficient (Wildman–Crippen LogP) is 0.630. The Morgan fingerprint density at radius 1 is 1.22 bits per heavy atom. The number of aromatic nitrogens is 8. The van der Waals surface area contributed by atoms with Crippen molar-refractivity contribution in [1.82, 2.24) is 39.4 Å². The van der Waals surface area contributed by atoms with Gasteiger partial charge in [0.2, 0.25) is 5.78 Å². The first-order valence-corrected chi connectivity index (χ1v) is 8.14. The Morgan fingerprint density at radius 2 is 2.09 bits per heavy atom. The zero-order valence-corrected chi connectivity index (χ0v) is 13.5. The number of aryl methyl sites for hydroxylation is 2. The highest BCUT2D eigenvalue weighted by molar-refractivity contribution is 7.17. The number of fused-ring (bicyclic) bond motifs is 3. The van der Waals surface area contributed by atoms with E-state index in [2.05, 4.69) is 32.6 Å². The van der Waals surface area contributed by atoms with Gasteiger partial charge in [-0.15, -0.1) is 26.6 Å². The quantitative estimate of drug-likeness (QED) is 0.544. The minimum Gasteiger partial charge on any atom is -0.279 e. The molecule has 10 heteroatoms. The van der Waals surface area contributed by atoms with Crippen molar-refractivity contribution in [3.05, 3.63) is 33.4 Å². The molecule has 0 amide bonds. The highest BCUT2D eigenvalue weighted by Gasteiger charge is 2.17. The standard InChI is InChI=1S/C13H14N8OS/c1-3-4-9-15-17-18-20(9)7-10-14-16-13-19(2)12(22)11-8(21(10)13)5-6-23-11/h5-6H,3-4,7H2,1-2H3. The SMILES string of the molecule is CCCc1nnnn1Cc1nnc2n(C)c(=O)c3sccc3n12. The van der Waals surface area contributed by atoms with E-state index in [4.69, 9.17) is 0 Å². The van der Waals surface area contributed by atoms with Crippen molar-refractivity contribution in [3.63, 3.8) is 0 Å². The van der Waals surface area contributed by atoms with Crippen LogP contribution < -0.4 is 5.56 Å². The van der Waals surface area contributed by atoms with Crippen LogP contribution in [0, 0.1) is 0 Å². The molecule has 9 nitrogen and oxygen atoms in total. The summed E-state index contributed by atoms with van der Waals surface area (Å²) in [6, 6.07) is 1.91. The summed E-state index contributed by atoms with van der Waals surface area (Å²) in [5, 5.41) is 22.1. The molecule has 0 bridgehead atoms. The van der Waals surface area contributed by atoms with E-state index in [9.17, 15) is 4.79 Å². The monoisotopic (exact) mass is 330 g/mol. The van der Waals surface area contributed by atoms with Crippen LogP contribution in [0.15, 0.2) is 16.2 Å². The maximum absolute atomic E-state index is 12.3. The van der Waals surface area contributed by atoms with Crippen molar-refractivity contribution in [2.45, 2.75) is 26.3 Å². The lowest BCUT2D eigenvalue weighted by Gasteiger charge is -2.06. The van der Waals surface area contributed by atoms with Gasteiger partial charge < -0.3 is 0 Å². The molecular weight excluding hydrogens is 316 g/mol. The van der Waals surface area contributed by atoms with Gasteiger partial charge in [-0.2, -0.15) is 0 Å². The number of hydrogen-bond donors (Lipinski definition) is 0. The average Bonchev–Trinajstić information content (AvgIpc) is 3.25. The Morgan fingerprint density at radius 3 is 2.91 bits per heavy atom. The third-order valence-electron chi connectivity index (χ3n) is 3.77. The molecule has 4 heterocycles. The minimum atomic E-state index is -0.0597. The van der Waals surface area contributed by atoms with Gasteiger partial charge in [0, 0.05) is 13.5 Å². The summed E-state index contributed by atoms with van der Waals surface area (Å²) in [7, 11) is 1.70. The smallest absolute Gasteiger partial charge is 0.272 e. The van der Waals surface area contributed by atoms with Crippen LogP contribution in [0.25, 0.3) is 16.0 Å². The van der Waals surface area contributed by atoms with E-state index in [0.29, 0.717) is 22.8 Å². The number of nitrogens with zero attached hydrogens (tertiary/aromatic N) is 8. The van der Waals surface area contributed by atoms with Crippen molar-refractivity contribution >= 4 is 27.3 Å². The molecule has 23 heavy (non-hydrogen) atoms. The second-order valence-corrected chi connectivity index (χ2v) is 6.17. The Labute approximate surface area is 134 Å². The molecule has 4 aromatic rings. The molecule has 0 radical (unpaired) electrons. The molecule has 0 unspecified atom stereocenters. The van der Waals surface area contributed by atoms with Crippen LogP contribution in [0.4, 0.5) is 0 Å². The lowest BCUT2D eigenvalue weighted by molar-refractivity contribution is 0.590. The lowest BCUT2D eigenvalue weighted by Crippen LogP contribution is -2.19. The summed E-state index contributed by atoms with van der Waals surface area (Å²) in [5.41, 5.74) is 0.758. The fourth-order valence-electron chi connectivity index (χ4n) is 2.64. The van der Waals surface area contributed by atoms with E-state index >= 15 is 0 Å². The number of hydrogen-bond acceptors (Lipinski definition) is 7. The van der Waals surface area contributed by atoms with E-state index < -0.39 is 0 Å². The third kappa shape index (κ3) is 2.05. The van der Waals surface area contributed by atoms with Crippen LogP contribution in [0.5, 0.6) is 0 Å². The maximum atomic E-state index is 12.3. The van der Waals surface area contributed by atoms with Gasteiger partial charge >= 0.3 is 0 Å². The first-order valence-electron chi connectivity index (χ1n) is 7.26. The Hall–Kier alpha value is -2.62. The normalized spacial score (nSPS) is 11.7. The summed E-state index contributed by atoms with van der Waals surface area (Å²) in [5.74, 6) is 2.03. The fourth-order valence-corrected chi connectivity index (χ4v) is 3.49. The molecule has 118 valence electrons. The summed E-state index contributed by atoms with van der Waals surface area (Å²) in [6.07, 6.45) is 1.76. The van der Waals surface area contributed by atoms with Crippen LogP contribution in [0.2, 0.25) is 0 Å². The van der Waals surface area contributed by atoms with Gasteiger partial charge in [0.05, 0.1) is 5.52 Å². The topological polar surface area (TPSA) is 95.8 Å². The van der Waals surface area contributed by atoms with Crippen molar-refractivity contribution in [1.29, 1.82) is 0 Å². The fraction of sp³-hybridized carbons (Fsp3) is 0.385. The maximum Gasteiger partial charge on any atom is 0.272 e. The lowest BCUT2D eigenvalue weighted by atomic mass is 10.3. The number of tetrazole rings is 1. The number of rotatable bonds is 4. The molecule has 0 aliphatic carbocycles. The molecule has 0 aliphatic heterocycles. The second-order valence-electron chi connectivity index (χ2n) is 5.25. The van der Waals surface area contributed by atoms with Crippen molar-refractivity contribution in [2.24, 2.45) is 7.05 Å². The van der Waals surface area contributed by atoms with Crippen molar-refractivity contribution in [2.75, 3.05) is 0 Å². The van der Waals surface area contributed by atoms with Crippen LogP contribution in [-0.2, 0) is 20.0 Å². The summed E-state index contributed by atoms with van der Waals surface area (Å²) in [4.78, 5) is 12.3. The van der Waals surface area contributed by atoms with Gasteiger partial charge in [0.15, 0.2) is 11.6 Å². The van der Waals surface area contributed by atoms with E-state index in [1.165, 1.54) is 15.9 Å². The highest BCUT2D eigenvalue weighted by Crippen LogP contribution is 2.19. The molecule has 0 saturated heterocycles. The largest absolute Gasteiger partial charge is 0.279 e. The zero-order chi connectivity index (χ0) is 16.0. The summed E-state index contributed by atoms with van der Waals surface area (Å²) in [6.45, 7) is 2.49. The average molecular weight is 330 g/mol. The van der Waals surface area contributed by atoms with Crippen molar-refractivity contribution in [3.8, 4) is 0 Å². The molecular formula is C13H14N8OS. The van der Waals surface area contributed by atoms with Crippen LogP contribution in [0.3, 0.4) is 0 Å².